The van der Waals surface area contributed by atoms with Gasteiger partial charge in [0, 0.05) is 11.6 Å². The van der Waals surface area contributed by atoms with Gasteiger partial charge >= 0.3 is 5.97 Å². The molecule has 0 amide bonds. The van der Waals surface area contributed by atoms with Crippen LogP contribution in [0.25, 0.3) is 0 Å². The Kier molecular flexibility index (Phi) is 4.66. The second-order valence-corrected chi connectivity index (χ2v) is 5.11. The molecule has 2 rings (SSSR count). The zero-order chi connectivity index (χ0) is 14.5. The average Bonchev–Trinajstić information content (AvgIpc) is 2.45. The highest BCUT2D eigenvalue weighted by atomic mass is 19.1. The van der Waals surface area contributed by atoms with Crippen molar-refractivity contribution >= 4 is 11.8 Å². The lowest BCUT2D eigenvalue weighted by atomic mass is 9.83. The topological polar surface area (TPSA) is 54.4 Å². The molecule has 1 aromatic carbocycles. The minimum atomic E-state index is -1.20. The van der Waals surface area contributed by atoms with E-state index in [9.17, 15) is 14.0 Å². The Hall–Kier alpha value is -1.97. The van der Waals surface area contributed by atoms with Crippen LogP contribution in [0.3, 0.4) is 0 Å². The van der Waals surface area contributed by atoms with E-state index in [-0.39, 0.29) is 17.3 Å². The third-order valence-corrected chi connectivity index (χ3v) is 3.71. The zero-order valence-electron chi connectivity index (χ0n) is 11.1. The third kappa shape index (κ3) is 3.53. The highest BCUT2D eigenvalue weighted by Gasteiger charge is 2.19. The molecule has 1 N–H and O–H groups in total. The van der Waals surface area contributed by atoms with E-state index in [0.717, 1.165) is 37.8 Å². The van der Waals surface area contributed by atoms with E-state index >= 15 is 0 Å². The van der Waals surface area contributed by atoms with Crippen molar-refractivity contribution in [2.75, 3.05) is 0 Å². The fourth-order valence-electron chi connectivity index (χ4n) is 2.67. The number of carbonyl (C=O) groups excluding carboxylic acids is 1. The number of aliphatic carboxylic acids is 1. The van der Waals surface area contributed by atoms with Gasteiger partial charge in [0.15, 0.2) is 5.78 Å². The van der Waals surface area contributed by atoms with Crippen LogP contribution in [0, 0.1) is 5.82 Å². The lowest BCUT2D eigenvalue weighted by Gasteiger charge is -2.22. The third-order valence-electron chi connectivity index (χ3n) is 3.71. The molecule has 1 aliphatic carbocycles. The Labute approximate surface area is 117 Å². The van der Waals surface area contributed by atoms with Gasteiger partial charge in [-0.2, -0.15) is 0 Å². The Morgan fingerprint density at radius 2 is 1.85 bits per heavy atom. The summed E-state index contributed by atoms with van der Waals surface area (Å²) in [5, 5.41) is 8.47. The van der Waals surface area contributed by atoms with E-state index in [1.54, 1.807) is 12.1 Å². The molecule has 1 aliphatic rings. The van der Waals surface area contributed by atoms with Crippen LogP contribution in [-0.2, 0) is 4.79 Å². The molecule has 1 saturated carbocycles. The van der Waals surface area contributed by atoms with Crippen LogP contribution < -0.4 is 0 Å². The monoisotopic (exact) mass is 276 g/mol. The van der Waals surface area contributed by atoms with Gasteiger partial charge in [-0.05, 0) is 36.5 Å². The predicted octanol–water partition coefficient (Wildman–Crippen LogP) is 3.70. The first kappa shape index (κ1) is 14.4. The Balaban J connectivity index is 2.16. The Morgan fingerprint density at radius 3 is 2.45 bits per heavy atom. The maximum atomic E-state index is 14.1. The number of allylic oxidation sites excluding steroid dienone is 1. The number of carboxylic acid groups (broad SMARTS) is 1. The van der Waals surface area contributed by atoms with Gasteiger partial charge in [0.25, 0.3) is 0 Å². The molecule has 0 unspecified atom stereocenters. The van der Waals surface area contributed by atoms with Crippen molar-refractivity contribution in [1.29, 1.82) is 0 Å². The molecule has 0 heterocycles. The second kappa shape index (κ2) is 6.46. The molecular formula is C16H17FO3. The summed E-state index contributed by atoms with van der Waals surface area (Å²) in [7, 11) is 0. The highest BCUT2D eigenvalue weighted by Crippen LogP contribution is 2.34. The summed E-state index contributed by atoms with van der Waals surface area (Å²) in [5.41, 5.74) is 0.850. The quantitative estimate of drug-likeness (QED) is 0.674. The van der Waals surface area contributed by atoms with Gasteiger partial charge in [0.05, 0.1) is 0 Å². The Bertz CT molecular complexity index is 543. The van der Waals surface area contributed by atoms with Crippen molar-refractivity contribution in [2.45, 2.75) is 38.0 Å². The molecule has 0 aromatic heterocycles. The van der Waals surface area contributed by atoms with Crippen LogP contribution >= 0.6 is 0 Å². The molecule has 0 spiro atoms. The van der Waals surface area contributed by atoms with Crippen LogP contribution in [0.5, 0.6) is 0 Å². The first-order valence-corrected chi connectivity index (χ1v) is 6.82. The molecule has 0 bridgehead atoms. The van der Waals surface area contributed by atoms with Crippen LogP contribution in [0.4, 0.5) is 4.39 Å². The van der Waals surface area contributed by atoms with Gasteiger partial charge in [-0.1, -0.05) is 31.4 Å². The van der Waals surface area contributed by atoms with Gasteiger partial charge in [0.2, 0.25) is 0 Å². The summed E-state index contributed by atoms with van der Waals surface area (Å²) >= 11 is 0. The molecule has 20 heavy (non-hydrogen) atoms. The lowest BCUT2D eigenvalue weighted by Crippen LogP contribution is -2.07. The van der Waals surface area contributed by atoms with Gasteiger partial charge in [-0.3, -0.25) is 4.79 Å². The fourth-order valence-corrected chi connectivity index (χ4v) is 2.67. The van der Waals surface area contributed by atoms with Crippen molar-refractivity contribution in [3.05, 3.63) is 47.3 Å². The summed E-state index contributed by atoms with van der Waals surface area (Å²) in [6, 6.07) is 4.44. The van der Waals surface area contributed by atoms with Crippen molar-refractivity contribution in [3.63, 3.8) is 0 Å². The first-order valence-electron chi connectivity index (χ1n) is 6.82. The van der Waals surface area contributed by atoms with E-state index in [1.165, 1.54) is 12.5 Å². The lowest BCUT2D eigenvalue weighted by molar-refractivity contribution is -0.131. The molecule has 0 aliphatic heterocycles. The molecule has 4 heteroatoms. The normalized spacial score (nSPS) is 16.4. The maximum absolute atomic E-state index is 14.1. The number of carboxylic acids is 1. The van der Waals surface area contributed by atoms with Crippen molar-refractivity contribution in [2.24, 2.45) is 0 Å². The maximum Gasteiger partial charge on any atom is 0.328 e. The zero-order valence-corrected chi connectivity index (χ0v) is 11.1. The molecule has 0 atom stereocenters. The number of hydrogen-bond donors (Lipinski definition) is 1. The van der Waals surface area contributed by atoms with E-state index < -0.39 is 11.8 Å². The number of ketones is 1. The molecular weight excluding hydrogens is 259 g/mol. The minimum absolute atomic E-state index is 0.180. The number of rotatable bonds is 4. The summed E-state index contributed by atoms with van der Waals surface area (Å²) in [5.74, 6) is -1.83. The van der Waals surface area contributed by atoms with Crippen molar-refractivity contribution in [1.82, 2.24) is 0 Å². The molecule has 0 radical (unpaired) electrons. The largest absolute Gasteiger partial charge is 0.478 e. The SMILES string of the molecule is O=C(O)C=CC(=O)c1ccc(C2CCCCC2)c(F)c1. The second-order valence-electron chi connectivity index (χ2n) is 5.11. The van der Waals surface area contributed by atoms with Gasteiger partial charge < -0.3 is 5.11 Å². The number of halogens is 1. The van der Waals surface area contributed by atoms with E-state index in [0.29, 0.717) is 5.56 Å². The van der Waals surface area contributed by atoms with Gasteiger partial charge in [-0.25, -0.2) is 9.18 Å². The Morgan fingerprint density at radius 1 is 1.15 bits per heavy atom. The number of benzene rings is 1. The van der Waals surface area contributed by atoms with Crippen LogP contribution in [0.2, 0.25) is 0 Å². The first-order chi connectivity index (χ1) is 9.58. The van der Waals surface area contributed by atoms with E-state index in [4.69, 9.17) is 5.11 Å². The summed E-state index contributed by atoms with van der Waals surface area (Å²) in [6.07, 6.45) is 7.12. The van der Waals surface area contributed by atoms with Crippen LogP contribution in [-0.4, -0.2) is 16.9 Å². The van der Waals surface area contributed by atoms with Crippen LogP contribution in [0.15, 0.2) is 30.4 Å². The summed E-state index contributed by atoms with van der Waals surface area (Å²) in [4.78, 5) is 22.0. The highest BCUT2D eigenvalue weighted by molar-refractivity contribution is 6.06. The van der Waals surface area contributed by atoms with Gasteiger partial charge in [0.1, 0.15) is 5.82 Å². The molecule has 1 aromatic rings. The number of hydrogen-bond acceptors (Lipinski definition) is 2. The number of carbonyl (C=O) groups is 2. The van der Waals surface area contributed by atoms with E-state index in [2.05, 4.69) is 0 Å². The smallest absolute Gasteiger partial charge is 0.328 e. The van der Waals surface area contributed by atoms with Crippen LogP contribution in [0.1, 0.15) is 53.9 Å². The minimum Gasteiger partial charge on any atom is -0.478 e. The van der Waals surface area contributed by atoms with Crippen molar-refractivity contribution in [3.8, 4) is 0 Å². The van der Waals surface area contributed by atoms with Crippen molar-refractivity contribution < 1.29 is 19.1 Å². The summed E-state index contributed by atoms with van der Waals surface area (Å²) < 4.78 is 14.1. The summed E-state index contributed by atoms with van der Waals surface area (Å²) in [6.45, 7) is 0. The predicted molar refractivity (Wildman–Crippen MR) is 73.3 cm³/mol. The molecule has 0 saturated heterocycles. The standard InChI is InChI=1S/C16H17FO3/c17-14-10-12(15(18)8-9-16(19)20)6-7-13(14)11-4-2-1-3-5-11/h6-11H,1-5H2,(H,19,20). The fraction of sp³-hybridized carbons (Fsp3) is 0.375. The molecule has 3 nitrogen and oxygen atoms in total. The molecule has 1 fully saturated rings. The van der Waals surface area contributed by atoms with Gasteiger partial charge in [-0.15, -0.1) is 0 Å². The van der Waals surface area contributed by atoms with E-state index in [1.807, 2.05) is 0 Å². The molecule has 106 valence electrons. The average molecular weight is 276 g/mol.